The third-order valence-corrected chi connectivity index (χ3v) is 11.3. The van der Waals surface area contributed by atoms with Gasteiger partial charge in [0.15, 0.2) is 0 Å². The lowest BCUT2D eigenvalue weighted by Crippen LogP contribution is -2.53. The number of aliphatic hydroxyl groups is 1. The standard InChI is InChI=1S/C29H46O2/c1-18(2)16-20(30)17-19(3)22-7-8-23-21-6-9-25-28(5,24(21)10-12-27(22,23)4)13-11-26(31)29(25)14-15-29/h9,18-19,21-24,26,31H,6-8,10-17H2,1-5H3/t19-,21+,22-,23+,24+,26?,27-,28-/m1/s1. The maximum Gasteiger partial charge on any atom is 0.133 e. The molecule has 4 saturated carbocycles. The van der Waals surface area contributed by atoms with Crippen molar-refractivity contribution in [3.63, 3.8) is 0 Å². The first kappa shape index (κ1) is 22.2. The van der Waals surface area contributed by atoms with E-state index in [0.29, 0.717) is 28.4 Å². The predicted molar refractivity (Wildman–Crippen MR) is 126 cm³/mol. The summed E-state index contributed by atoms with van der Waals surface area (Å²) in [5.41, 5.74) is 2.59. The van der Waals surface area contributed by atoms with Crippen LogP contribution in [0.25, 0.3) is 0 Å². The molecule has 0 aromatic carbocycles. The highest BCUT2D eigenvalue weighted by atomic mass is 16.3. The third-order valence-electron chi connectivity index (χ3n) is 11.3. The van der Waals surface area contributed by atoms with Crippen LogP contribution in [0.15, 0.2) is 11.6 Å². The summed E-state index contributed by atoms with van der Waals surface area (Å²) in [6.45, 7) is 11.9. The van der Waals surface area contributed by atoms with E-state index in [9.17, 15) is 9.90 Å². The molecule has 8 atom stereocenters. The van der Waals surface area contributed by atoms with Gasteiger partial charge in [-0.25, -0.2) is 0 Å². The zero-order valence-corrected chi connectivity index (χ0v) is 20.8. The summed E-state index contributed by atoms with van der Waals surface area (Å²) < 4.78 is 0. The molecule has 2 nitrogen and oxygen atoms in total. The van der Waals surface area contributed by atoms with Crippen LogP contribution >= 0.6 is 0 Å². The Labute approximate surface area is 190 Å². The number of carbonyl (C=O) groups excluding carboxylic acids is 1. The minimum Gasteiger partial charge on any atom is -0.392 e. The van der Waals surface area contributed by atoms with Crippen molar-refractivity contribution in [2.75, 3.05) is 0 Å². The number of allylic oxidation sites excluding steroid dienone is 1. The number of hydrogen-bond acceptors (Lipinski definition) is 2. The summed E-state index contributed by atoms with van der Waals surface area (Å²) >= 11 is 0. The Kier molecular flexibility index (Phi) is 5.32. The van der Waals surface area contributed by atoms with Gasteiger partial charge >= 0.3 is 0 Å². The maximum atomic E-state index is 12.6. The first-order valence-corrected chi connectivity index (χ1v) is 13.5. The Hall–Kier alpha value is -0.630. The Morgan fingerprint density at radius 1 is 1.00 bits per heavy atom. The van der Waals surface area contributed by atoms with E-state index < -0.39 is 0 Å². The zero-order chi connectivity index (χ0) is 22.2. The molecule has 0 aromatic rings. The first-order chi connectivity index (χ1) is 14.6. The van der Waals surface area contributed by atoms with E-state index in [0.717, 1.165) is 42.9 Å². The molecule has 0 saturated heterocycles. The van der Waals surface area contributed by atoms with Crippen LogP contribution in [-0.4, -0.2) is 17.0 Å². The van der Waals surface area contributed by atoms with Gasteiger partial charge in [-0.2, -0.15) is 0 Å². The minimum absolute atomic E-state index is 0.0858. The predicted octanol–water partition coefficient (Wildman–Crippen LogP) is 6.96. The van der Waals surface area contributed by atoms with Crippen molar-refractivity contribution in [2.24, 2.45) is 51.8 Å². The molecule has 1 unspecified atom stereocenters. The second-order valence-corrected chi connectivity index (χ2v) is 13.4. The Balaban J connectivity index is 1.36. The second kappa shape index (κ2) is 7.44. The van der Waals surface area contributed by atoms with Crippen molar-refractivity contribution in [2.45, 2.75) is 111 Å². The van der Waals surface area contributed by atoms with Crippen LogP contribution in [0.4, 0.5) is 0 Å². The Bertz CT molecular complexity index is 761. The number of rotatable bonds is 5. The molecule has 5 aliphatic rings. The molecule has 0 radical (unpaired) electrons. The normalized spacial score (nSPS) is 46.2. The van der Waals surface area contributed by atoms with Crippen molar-refractivity contribution < 1.29 is 9.90 Å². The lowest BCUT2D eigenvalue weighted by atomic mass is 9.45. The number of ketones is 1. The van der Waals surface area contributed by atoms with Crippen molar-refractivity contribution in [3.05, 3.63) is 11.6 Å². The van der Waals surface area contributed by atoms with E-state index >= 15 is 0 Å². The monoisotopic (exact) mass is 426 g/mol. The van der Waals surface area contributed by atoms with E-state index in [2.05, 4.69) is 40.7 Å². The summed E-state index contributed by atoms with van der Waals surface area (Å²) in [4.78, 5) is 12.6. The van der Waals surface area contributed by atoms with Crippen molar-refractivity contribution in [1.29, 1.82) is 0 Å². The third kappa shape index (κ3) is 3.24. The molecule has 4 fully saturated rings. The molecular weight excluding hydrogens is 380 g/mol. The molecule has 0 aliphatic heterocycles. The van der Waals surface area contributed by atoms with Crippen molar-refractivity contribution >= 4 is 5.78 Å². The van der Waals surface area contributed by atoms with Gasteiger partial charge in [0.1, 0.15) is 5.78 Å². The van der Waals surface area contributed by atoms with Gasteiger partial charge in [0.25, 0.3) is 0 Å². The van der Waals surface area contributed by atoms with Gasteiger partial charge in [-0.15, -0.1) is 0 Å². The number of Topliss-reactive ketones (excluding diaryl/α,β-unsaturated/α-hetero) is 1. The fourth-order valence-corrected chi connectivity index (χ4v) is 9.83. The van der Waals surface area contributed by atoms with Gasteiger partial charge in [-0.1, -0.05) is 46.3 Å². The van der Waals surface area contributed by atoms with Gasteiger partial charge in [0.05, 0.1) is 6.10 Å². The molecule has 1 N–H and O–H groups in total. The molecule has 1 spiro atoms. The minimum atomic E-state index is -0.0858. The van der Waals surface area contributed by atoms with Crippen LogP contribution in [0.5, 0.6) is 0 Å². The van der Waals surface area contributed by atoms with Crippen LogP contribution < -0.4 is 0 Å². The highest BCUT2D eigenvalue weighted by Gasteiger charge is 2.65. The Morgan fingerprint density at radius 2 is 1.74 bits per heavy atom. The number of hydrogen-bond donors (Lipinski definition) is 1. The summed E-state index contributed by atoms with van der Waals surface area (Å²) in [5.74, 6) is 4.68. The molecule has 0 bridgehead atoms. The molecule has 0 aromatic heterocycles. The van der Waals surface area contributed by atoms with Crippen LogP contribution in [0, 0.1) is 51.8 Å². The SMILES string of the molecule is CC(C)CC(=O)C[C@@H](C)[C@H]1CC[C@H]2[C@@H]3CC=C4C5(CC5)C(O)CC[C@]4(C)[C@H]3CC[C@]12C. The van der Waals surface area contributed by atoms with E-state index in [-0.39, 0.29) is 11.5 Å². The van der Waals surface area contributed by atoms with E-state index in [1.54, 1.807) is 5.57 Å². The number of aliphatic hydroxyl groups excluding tert-OH is 1. The van der Waals surface area contributed by atoms with Gasteiger partial charge < -0.3 is 5.11 Å². The van der Waals surface area contributed by atoms with Gasteiger partial charge in [0, 0.05) is 18.3 Å². The first-order valence-electron chi connectivity index (χ1n) is 13.5. The molecule has 0 heterocycles. The van der Waals surface area contributed by atoms with Crippen LogP contribution in [0.1, 0.15) is 105 Å². The molecule has 174 valence electrons. The Morgan fingerprint density at radius 3 is 2.42 bits per heavy atom. The van der Waals surface area contributed by atoms with Gasteiger partial charge in [-0.05, 0) is 104 Å². The lowest BCUT2D eigenvalue weighted by molar-refractivity contribution is -0.121. The summed E-state index contributed by atoms with van der Waals surface area (Å²) in [5, 5.41) is 10.8. The highest BCUT2D eigenvalue weighted by Crippen LogP contribution is 2.72. The quantitative estimate of drug-likeness (QED) is 0.483. The molecule has 2 heteroatoms. The fraction of sp³-hybridized carbons (Fsp3) is 0.897. The second-order valence-electron chi connectivity index (χ2n) is 13.4. The average Bonchev–Trinajstić information content (AvgIpc) is 3.39. The number of carbonyl (C=O) groups is 1. The zero-order valence-electron chi connectivity index (χ0n) is 20.8. The highest BCUT2D eigenvalue weighted by molar-refractivity contribution is 5.78. The van der Waals surface area contributed by atoms with Crippen LogP contribution in [0.2, 0.25) is 0 Å². The van der Waals surface area contributed by atoms with E-state index in [1.807, 2.05) is 0 Å². The average molecular weight is 427 g/mol. The maximum absolute atomic E-state index is 12.6. The van der Waals surface area contributed by atoms with Gasteiger partial charge in [-0.3, -0.25) is 4.79 Å². The number of fused-ring (bicyclic) bond motifs is 6. The van der Waals surface area contributed by atoms with Crippen molar-refractivity contribution in [1.82, 2.24) is 0 Å². The topological polar surface area (TPSA) is 37.3 Å². The fourth-order valence-electron chi connectivity index (χ4n) is 9.83. The smallest absolute Gasteiger partial charge is 0.133 e. The van der Waals surface area contributed by atoms with Crippen LogP contribution in [0.3, 0.4) is 0 Å². The van der Waals surface area contributed by atoms with E-state index in [1.165, 1.54) is 51.4 Å². The van der Waals surface area contributed by atoms with E-state index in [4.69, 9.17) is 0 Å². The molecule has 5 rings (SSSR count). The summed E-state index contributed by atoms with van der Waals surface area (Å²) in [7, 11) is 0. The molecule has 5 aliphatic carbocycles. The summed E-state index contributed by atoms with van der Waals surface area (Å²) in [6, 6.07) is 0. The van der Waals surface area contributed by atoms with Crippen LogP contribution in [-0.2, 0) is 4.79 Å². The van der Waals surface area contributed by atoms with Crippen molar-refractivity contribution in [3.8, 4) is 0 Å². The molecule has 0 amide bonds. The summed E-state index contributed by atoms with van der Waals surface area (Å²) in [6.07, 6.45) is 15.4. The molecular formula is C29H46O2. The largest absolute Gasteiger partial charge is 0.392 e. The van der Waals surface area contributed by atoms with Gasteiger partial charge in [0.2, 0.25) is 0 Å². The lowest BCUT2D eigenvalue weighted by Gasteiger charge is -2.60. The molecule has 31 heavy (non-hydrogen) atoms.